The fourth-order valence-electron chi connectivity index (χ4n) is 2.78. The lowest BCUT2D eigenvalue weighted by Gasteiger charge is -2.41. The number of hydrogen-bond acceptors (Lipinski definition) is 4. The van der Waals surface area contributed by atoms with Gasteiger partial charge in [0.25, 0.3) is 0 Å². The Balaban J connectivity index is 1.76. The molecule has 0 saturated carbocycles. The molecule has 100 valence electrons. The van der Waals surface area contributed by atoms with E-state index in [9.17, 15) is 0 Å². The Morgan fingerprint density at radius 3 is 2.53 bits per heavy atom. The summed E-state index contributed by atoms with van der Waals surface area (Å²) in [5.74, 6) is 0. The van der Waals surface area contributed by atoms with Crippen LogP contribution in [-0.2, 0) is 4.74 Å². The van der Waals surface area contributed by atoms with Crippen LogP contribution in [0.5, 0.6) is 0 Å². The third-order valence-corrected chi connectivity index (χ3v) is 4.08. The molecule has 4 nitrogen and oxygen atoms in total. The monoisotopic (exact) mass is 241 g/mol. The van der Waals surface area contributed by atoms with Crippen molar-refractivity contribution in [2.24, 2.45) is 0 Å². The molecule has 0 aliphatic carbocycles. The predicted molar refractivity (Wildman–Crippen MR) is 70.4 cm³/mol. The van der Waals surface area contributed by atoms with Crippen LogP contribution >= 0.6 is 0 Å². The molecule has 17 heavy (non-hydrogen) atoms. The third kappa shape index (κ3) is 3.65. The topological polar surface area (TPSA) is 27.7 Å². The van der Waals surface area contributed by atoms with E-state index in [1.807, 2.05) is 0 Å². The molecule has 2 rings (SSSR count). The highest BCUT2D eigenvalue weighted by atomic mass is 16.5. The van der Waals surface area contributed by atoms with Gasteiger partial charge in [-0.2, -0.15) is 0 Å². The maximum absolute atomic E-state index is 5.42. The second kappa shape index (κ2) is 5.65. The van der Waals surface area contributed by atoms with Gasteiger partial charge in [0.05, 0.1) is 13.2 Å². The lowest BCUT2D eigenvalue weighted by molar-refractivity contribution is -0.0102. The number of rotatable bonds is 4. The zero-order chi connectivity index (χ0) is 12.3. The van der Waals surface area contributed by atoms with Crippen molar-refractivity contribution in [3.63, 3.8) is 0 Å². The first kappa shape index (κ1) is 13.3. The summed E-state index contributed by atoms with van der Waals surface area (Å²) in [6.07, 6.45) is 1.29. The fourth-order valence-corrected chi connectivity index (χ4v) is 2.78. The first-order valence-electron chi connectivity index (χ1n) is 6.83. The summed E-state index contributed by atoms with van der Waals surface area (Å²) in [6.45, 7) is 12.1. The molecule has 0 radical (unpaired) electrons. The summed E-state index contributed by atoms with van der Waals surface area (Å²) in [4.78, 5) is 4.95. The van der Waals surface area contributed by atoms with Crippen molar-refractivity contribution in [2.45, 2.75) is 31.8 Å². The van der Waals surface area contributed by atoms with E-state index in [-0.39, 0.29) is 5.54 Å². The lowest BCUT2D eigenvalue weighted by Crippen LogP contribution is -2.56. The molecule has 2 heterocycles. The summed E-state index contributed by atoms with van der Waals surface area (Å²) < 4.78 is 5.42. The van der Waals surface area contributed by atoms with Crippen LogP contribution in [0.25, 0.3) is 0 Å². The van der Waals surface area contributed by atoms with Crippen LogP contribution in [0.3, 0.4) is 0 Å². The van der Waals surface area contributed by atoms with Crippen LogP contribution in [0.1, 0.15) is 20.3 Å². The summed E-state index contributed by atoms with van der Waals surface area (Å²) >= 11 is 0. The Bertz CT molecular complexity index is 239. The smallest absolute Gasteiger partial charge is 0.0594 e. The quantitative estimate of drug-likeness (QED) is 0.771. The van der Waals surface area contributed by atoms with Gasteiger partial charge in [-0.05, 0) is 33.9 Å². The molecule has 2 aliphatic heterocycles. The minimum absolute atomic E-state index is 0.241. The lowest BCUT2D eigenvalue weighted by atomic mass is 10.0. The fraction of sp³-hybridized carbons (Fsp3) is 1.00. The standard InChI is InChI=1S/C13H27N3O/c1-13(2,16-6-8-17-9-7-16)11-14-12-4-5-15(3)10-12/h12,14H,4-11H2,1-3H3. The summed E-state index contributed by atoms with van der Waals surface area (Å²) in [5, 5.41) is 3.73. The molecule has 2 aliphatic rings. The molecule has 2 fully saturated rings. The van der Waals surface area contributed by atoms with Gasteiger partial charge in [-0.1, -0.05) is 0 Å². The van der Waals surface area contributed by atoms with E-state index in [1.165, 1.54) is 19.5 Å². The van der Waals surface area contributed by atoms with Crippen LogP contribution < -0.4 is 5.32 Å². The van der Waals surface area contributed by atoms with Crippen LogP contribution in [0.4, 0.5) is 0 Å². The molecular weight excluding hydrogens is 214 g/mol. The summed E-state index contributed by atoms with van der Waals surface area (Å²) in [5.41, 5.74) is 0.241. The van der Waals surface area contributed by atoms with E-state index in [1.54, 1.807) is 0 Å². The predicted octanol–water partition coefficient (Wildman–Crippen LogP) is 0.391. The van der Waals surface area contributed by atoms with Crippen molar-refractivity contribution in [3.8, 4) is 0 Å². The van der Waals surface area contributed by atoms with E-state index in [0.29, 0.717) is 6.04 Å². The average Bonchev–Trinajstić information content (AvgIpc) is 2.74. The van der Waals surface area contributed by atoms with Gasteiger partial charge in [0.2, 0.25) is 0 Å². The molecule has 2 saturated heterocycles. The molecule has 1 N–H and O–H groups in total. The van der Waals surface area contributed by atoms with Gasteiger partial charge in [-0.25, -0.2) is 0 Å². The Hall–Kier alpha value is -0.160. The van der Waals surface area contributed by atoms with E-state index < -0.39 is 0 Å². The number of nitrogens with zero attached hydrogens (tertiary/aromatic N) is 2. The molecule has 0 aromatic heterocycles. The van der Waals surface area contributed by atoms with Crippen molar-refractivity contribution in [3.05, 3.63) is 0 Å². The number of ether oxygens (including phenoxy) is 1. The third-order valence-electron chi connectivity index (χ3n) is 4.08. The first-order chi connectivity index (χ1) is 8.08. The summed E-state index contributed by atoms with van der Waals surface area (Å²) in [6, 6.07) is 0.681. The van der Waals surface area contributed by atoms with E-state index >= 15 is 0 Å². The number of nitrogens with one attached hydrogen (secondary N) is 1. The molecule has 1 atom stereocenters. The average molecular weight is 241 g/mol. The maximum Gasteiger partial charge on any atom is 0.0594 e. The highest BCUT2D eigenvalue weighted by Gasteiger charge is 2.29. The van der Waals surface area contributed by atoms with Gasteiger partial charge in [-0.3, -0.25) is 4.90 Å². The molecule has 0 spiro atoms. The number of likely N-dealkylation sites (N-methyl/N-ethyl adjacent to an activating group) is 1. The molecule has 4 heteroatoms. The van der Waals surface area contributed by atoms with Gasteiger partial charge in [0.15, 0.2) is 0 Å². The van der Waals surface area contributed by atoms with E-state index in [4.69, 9.17) is 4.74 Å². The van der Waals surface area contributed by atoms with Gasteiger partial charge >= 0.3 is 0 Å². The van der Waals surface area contributed by atoms with Gasteiger partial charge in [0, 0.05) is 37.8 Å². The van der Waals surface area contributed by atoms with Crippen LogP contribution in [0.15, 0.2) is 0 Å². The van der Waals surface area contributed by atoms with E-state index in [2.05, 4.69) is 36.0 Å². The first-order valence-corrected chi connectivity index (χ1v) is 6.83. The molecule has 0 amide bonds. The minimum Gasteiger partial charge on any atom is -0.379 e. The zero-order valence-corrected chi connectivity index (χ0v) is 11.5. The SMILES string of the molecule is CN1CCC(NCC(C)(C)N2CCOCC2)C1. The van der Waals surface area contributed by atoms with Crippen molar-refractivity contribution in [2.75, 3.05) is 53.0 Å². The maximum atomic E-state index is 5.42. The highest BCUT2D eigenvalue weighted by molar-refractivity contribution is 4.88. The van der Waals surface area contributed by atoms with Crippen molar-refractivity contribution >= 4 is 0 Å². The van der Waals surface area contributed by atoms with Crippen molar-refractivity contribution in [1.82, 2.24) is 15.1 Å². The van der Waals surface area contributed by atoms with Gasteiger partial charge in [-0.15, -0.1) is 0 Å². The Labute approximate surface area is 105 Å². The normalized spacial score (nSPS) is 28.8. The Kier molecular flexibility index (Phi) is 4.42. The largest absolute Gasteiger partial charge is 0.379 e. The molecular formula is C13H27N3O. The number of hydrogen-bond donors (Lipinski definition) is 1. The van der Waals surface area contributed by atoms with Crippen molar-refractivity contribution < 1.29 is 4.74 Å². The Morgan fingerprint density at radius 2 is 1.94 bits per heavy atom. The number of morpholine rings is 1. The van der Waals surface area contributed by atoms with E-state index in [0.717, 1.165) is 32.8 Å². The zero-order valence-electron chi connectivity index (χ0n) is 11.5. The van der Waals surface area contributed by atoms with Crippen LogP contribution in [0, 0.1) is 0 Å². The minimum atomic E-state index is 0.241. The highest BCUT2D eigenvalue weighted by Crippen LogP contribution is 2.16. The van der Waals surface area contributed by atoms with Gasteiger partial charge in [0.1, 0.15) is 0 Å². The van der Waals surface area contributed by atoms with Crippen molar-refractivity contribution in [1.29, 1.82) is 0 Å². The molecule has 0 aromatic rings. The number of likely N-dealkylation sites (tertiary alicyclic amines) is 1. The Morgan fingerprint density at radius 1 is 1.24 bits per heavy atom. The van der Waals surface area contributed by atoms with Gasteiger partial charge < -0.3 is 15.0 Å². The second-order valence-electron chi connectivity index (χ2n) is 6.04. The second-order valence-corrected chi connectivity index (χ2v) is 6.04. The molecule has 1 unspecified atom stereocenters. The van der Waals surface area contributed by atoms with Crippen LogP contribution in [0.2, 0.25) is 0 Å². The van der Waals surface area contributed by atoms with Crippen LogP contribution in [-0.4, -0.2) is 74.4 Å². The molecule has 0 bridgehead atoms. The molecule has 0 aromatic carbocycles. The summed E-state index contributed by atoms with van der Waals surface area (Å²) in [7, 11) is 2.20.